The van der Waals surface area contributed by atoms with Gasteiger partial charge in [0.2, 0.25) is 0 Å². The van der Waals surface area contributed by atoms with Crippen LogP contribution in [-0.4, -0.2) is 18.3 Å². The normalized spacial score (nSPS) is 18.6. The Balaban J connectivity index is 1.63. The molecule has 0 atom stereocenters. The monoisotopic (exact) mass is 324 g/mol. The Labute approximate surface area is 145 Å². The van der Waals surface area contributed by atoms with Crippen molar-refractivity contribution in [2.45, 2.75) is 52.4 Å². The molecule has 1 fully saturated rings. The second-order valence-electron chi connectivity index (χ2n) is 7.43. The van der Waals surface area contributed by atoms with E-state index in [0.29, 0.717) is 6.61 Å². The van der Waals surface area contributed by atoms with Gasteiger partial charge in [-0.2, -0.15) is 0 Å². The topological polar surface area (TPSA) is 27.7 Å². The summed E-state index contributed by atoms with van der Waals surface area (Å²) in [5, 5.41) is 0. The molecule has 0 spiro atoms. The van der Waals surface area contributed by atoms with E-state index in [-0.39, 0.29) is 18.3 Å². The number of rotatable bonds is 4. The number of hydrogen-bond acceptors (Lipinski definition) is 3. The lowest BCUT2D eigenvalue weighted by Crippen LogP contribution is -2.41. The Morgan fingerprint density at radius 2 is 1.38 bits per heavy atom. The maximum atomic E-state index is 6.07. The molecule has 1 aliphatic heterocycles. The van der Waals surface area contributed by atoms with Crippen LogP contribution < -0.4 is 10.2 Å². The highest BCUT2D eigenvalue weighted by molar-refractivity contribution is 6.62. The van der Waals surface area contributed by atoms with E-state index in [1.807, 2.05) is 24.3 Å². The predicted molar refractivity (Wildman–Crippen MR) is 97.7 cm³/mol. The molecule has 2 aromatic carbocycles. The summed E-state index contributed by atoms with van der Waals surface area (Å²) >= 11 is 0. The molecule has 0 aliphatic carbocycles. The van der Waals surface area contributed by atoms with Crippen LogP contribution >= 0.6 is 0 Å². The van der Waals surface area contributed by atoms with Crippen molar-refractivity contribution in [3.05, 3.63) is 59.7 Å². The molecule has 0 amide bonds. The van der Waals surface area contributed by atoms with Gasteiger partial charge in [-0.15, -0.1) is 0 Å². The van der Waals surface area contributed by atoms with Gasteiger partial charge in [-0.1, -0.05) is 42.0 Å². The highest BCUT2D eigenvalue weighted by atomic mass is 16.7. The van der Waals surface area contributed by atoms with Crippen molar-refractivity contribution in [2.75, 3.05) is 0 Å². The van der Waals surface area contributed by atoms with Crippen molar-refractivity contribution in [1.29, 1.82) is 0 Å². The van der Waals surface area contributed by atoms with Gasteiger partial charge >= 0.3 is 7.12 Å². The highest BCUT2D eigenvalue weighted by Crippen LogP contribution is 2.36. The Bertz CT molecular complexity index is 674. The summed E-state index contributed by atoms with van der Waals surface area (Å²) < 4.78 is 18.0. The van der Waals surface area contributed by atoms with Gasteiger partial charge in [0.25, 0.3) is 0 Å². The van der Waals surface area contributed by atoms with Gasteiger partial charge < -0.3 is 14.0 Å². The SMILES string of the molecule is Cc1ccc(COc2ccc(B3OC(C)(C)C(C)(C)O3)cc2)cc1. The van der Waals surface area contributed by atoms with Crippen LogP contribution in [0.1, 0.15) is 38.8 Å². The summed E-state index contributed by atoms with van der Waals surface area (Å²) in [6, 6.07) is 16.3. The van der Waals surface area contributed by atoms with Crippen LogP contribution in [0.25, 0.3) is 0 Å². The first-order valence-electron chi connectivity index (χ1n) is 8.41. The van der Waals surface area contributed by atoms with Crippen molar-refractivity contribution in [1.82, 2.24) is 0 Å². The van der Waals surface area contributed by atoms with Crippen molar-refractivity contribution >= 4 is 12.6 Å². The first kappa shape index (κ1) is 17.1. The molecule has 24 heavy (non-hydrogen) atoms. The van der Waals surface area contributed by atoms with E-state index in [2.05, 4.69) is 58.9 Å². The van der Waals surface area contributed by atoms with Crippen LogP contribution in [0.2, 0.25) is 0 Å². The molecule has 126 valence electrons. The molecule has 3 nitrogen and oxygen atoms in total. The Morgan fingerprint density at radius 1 is 0.833 bits per heavy atom. The highest BCUT2D eigenvalue weighted by Gasteiger charge is 2.51. The average molecular weight is 324 g/mol. The second-order valence-corrected chi connectivity index (χ2v) is 7.43. The van der Waals surface area contributed by atoms with Gasteiger partial charge in [-0.25, -0.2) is 0 Å². The standard InChI is InChI=1S/C20H25BO3/c1-15-6-8-16(9-7-15)14-22-18-12-10-17(11-13-18)21-23-19(2,3)20(4,5)24-21/h6-13H,14H2,1-5H3. The first-order valence-corrected chi connectivity index (χ1v) is 8.41. The maximum Gasteiger partial charge on any atom is 0.494 e. The zero-order chi connectivity index (χ0) is 17.4. The summed E-state index contributed by atoms with van der Waals surface area (Å²) in [6.45, 7) is 10.9. The molecule has 0 saturated carbocycles. The van der Waals surface area contributed by atoms with E-state index < -0.39 is 0 Å². The van der Waals surface area contributed by atoms with Crippen molar-refractivity contribution in [2.24, 2.45) is 0 Å². The molecule has 0 radical (unpaired) electrons. The van der Waals surface area contributed by atoms with Gasteiger partial charge in [0, 0.05) is 0 Å². The van der Waals surface area contributed by atoms with Crippen LogP contribution in [0.4, 0.5) is 0 Å². The molecule has 4 heteroatoms. The van der Waals surface area contributed by atoms with Gasteiger partial charge in [0.15, 0.2) is 0 Å². The molecule has 2 aromatic rings. The van der Waals surface area contributed by atoms with E-state index in [0.717, 1.165) is 16.8 Å². The van der Waals surface area contributed by atoms with Crippen molar-refractivity contribution < 1.29 is 14.0 Å². The molecular formula is C20H25BO3. The minimum Gasteiger partial charge on any atom is -0.489 e. The van der Waals surface area contributed by atoms with Gasteiger partial charge in [-0.3, -0.25) is 0 Å². The van der Waals surface area contributed by atoms with E-state index >= 15 is 0 Å². The summed E-state index contributed by atoms with van der Waals surface area (Å²) in [5.74, 6) is 0.843. The Morgan fingerprint density at radius 3 is 1.92 bits per heavy atom. The number of hydrogen-bond donors (Lipinski definition) is 0. The van der Waals surface area contributed by atoms with Crippen LogP contribution in [0.5, 0.6) is 5.75 Å². The lowest BCUT2D eigenvalue weighted by atomic mass is 9.79. The minimum absolute atomic E-state index is 0.321. The van der Waals surface area contributed by atoms with Gasteiger partial charge in [0.05, 0.1) is 11.2 Å². The summed E-state index contributed by atoms with van der Waals surface area (Å²) in [5.41, 5.74) is 2.79. The number of aryl methyl sites for hydroxylation is 1. The van der Waals surface area contributed by atoms with Crippen LogP contribution in [0, 0.1) is 6.92 Å². The van der Waals surface area contributed by atoms with Crippen LogP contribution in [-0.2, 0) is 15.9 Å². The maximum absolute atomic E-state index is 6.07. The van der Waals surface area contributed by atoms with Gasteiger partial charge in [0.1, 0.15) is 12.4 Å². The van der Waals surface area contributed by atoms with E-state index in [1.165, 1.54) is 5.56 Å². The molecule has 0 N–H and O–H groups in total. The Kier molecular flexibility index (Phi) is 4.45. The first-order chi connectivity index (χ1) is 11.3. The van der Waals surface area contributed by atoms with Crippen molar-refractivity contribution in [3.63, 3.8) is 0 Å². The third kappa shape index (κ3) is 3.50. The molecule has 0 aromatic heterocycles. The number of benzene rings is 2. The zero-order valence-electron chi connectivity index (χ0n) is 15.1. The Hall–Kier alpha value is -1.78. The summed E-state index contributed by atoms with van der Waals surface area (Å²) in [7, 11) is -0.332. The predicted octanol–water partition coefficient (Wildman–Crippen LogP) is 3.87. The molecule has 0 bridgehead atoms. The van der Waals surface area contributed by atoms with E-state index in [9.17, 15) is 0 Å². The van der Waals surface area contributed by atoms with Crippen LogP contribution in [0.3, 0.4) is 0 Å². The summed E-state index contributed by atoms with van der Waals surface area (Å²) in [4.78, 5) is 0. The number of ether oxygens (including phenoxy) is 1. The molecule has 1 saturated heterocycles. The third-order valence-corrected chi connectivity index (χ3v) is 4.93. The van der Waals surface area contributed by atoms with Crippen LogP contribution in [0.15, 0.2) is 48.5 Å². The molecule has 1 aliphatic rings. The third-order valence-electron chi connectivity index (χ3n) is 4.93. The minimum atomic E-state index is -0.332. The molecule has 0 unspecified atom stereocenters. The fourth-order valence-electron chi connectivity index (χ4n) is 2.55. The van der Waals surface area contributed by atoms with E-state index in [1.54, 1.807) is 0 Å². The fourth-order valence-corrected chi connectivity index (χ4v) is 2.55. The molecule has 3 rings (SSSR count). The average Bonchev–Trinajstić information content (AvgIpc) is 2.75. The van der Waals surface area contributed by atoms with E-state index in [4.69, 9.17) is 14.0 Å². The summed E-state index contributed by atoms with van der Waals surface area (Å²) in [6.07, 6.45) is 0. The van der Waals surface area contributed by atoms with Gasteiger partial charge in [-0.05, 0) is 57.8 Å². The fraction of sp³-hybridized carbons (Fsp3) is 0.400. The lowest BCUT2D eigenvalue weighted by Gasteiger charge is -2.32. The largest absolute Gasteiger partial charge is 0.494 e. The quantitative estimate of drug-likeness (QED) is 0.799. The zero-order valence-corrected chi connectivity index (χ0v) is 15.1. The molecular weight excluding hydrogens is 299 g/mol. The lowest BCUT2D eigenvalue weighted by molar-refractivity contribution is 0.00578. The smallest absolute Gasteiger partial charge is 0.489 e. The molecule has 1 heterocycles. The second kappa shape index (κ2) is 6.27. The van der Waals surface area contributed by atoms with Crippen molar-refractivity contribution in [3.8, 4) is 5.75 Å².